The fourth-order valence-electron chi connectivity index (χ4n) is 2.52. The molecule has 3 rings (SSSR count). The summed E-state index contributed by atoms with van der Waals surface area (Å²) in [4.78, 5) is 12.3. The summed E-state index contributed by atoms with van der Waals surface area (Å²) in [6, 6.07) is 13.4. The summed E-state index contributed by atoms with van der Waals surface area (Å²) in [5.41, 5.74) is 2.65. The average molecular weight is 270 g/mol. The largest absolute Gasteiger partial charge is 0.324 e. The molecule has 1 amide bonds. The zero-order valence-corrected chi connectivity index (χ0v) is 10.9. The fourth-order valence-corrected chi connectivity index (χ4v) is 2.52. The number of hydrogen-bond donors (Lipinski definition) is 2. The summed E-state index contributed by atoms with van der Waals surface area (Å²) in [5, 5.41) is 5.96. The molecule has 0 radical (unpaired) electrons. The Labute approximate surface area is 116 Å². The first-order valence-corrected chi connectivity index (χ1v) is 6.61. The molecule has 0 saturated carbocycles. The maximum atomic E-state index is 13.1. The number of amides is 1. The molecular formula is C16H15FN2O. The topological polar surface area (TPSA) is 41.1 Å². The van der Waals surface area contributed by atoms with Crippen LogP contribution in [0.15, 0.2) is 48.5 Å². The predicted molar refractivity (Wildman–Crippen MR) is 75.9 cm³/mol. The Morgan fingerprint density at radius 3 is 2.90 bits per heavy atom. The van der Waals surface area contributed by atoms with Crippen molar-refractivity contribution < 1.29 is 9.18 Å². The summed E-state index contributed by atoms with van der Waals surface area (Å²) >= 11 is 0. The third-order valence-corrected chi connectivity index (χ3v) is 3.46. The van der Waals surface area contributed by atoms with Crippen LogP contribution in [0.4, 0.5) is 10.1 Å². The maximum Gasteiger partial charge on any atom is 0.246 e. The molecule has 2 aromatic carbocycles. The van der Waals surface area contributed by atoms with E-state index in [2.05, 4.69) is 10.6 Å². The van der Waals surface area contributed by atoms with Crippen molar-refractivity contribution in [1.82, 2.24) is 5.32 Å². The molecule has 102 valence electrons. The first-order chi connectivity index (χ1) is 9.74. The van der Waals surface area contributed by atoms with E-state index in [-0.39, 0.29) is 17.8 Å². The van der Waals surface area contributed by atoms with Gasteiger partial charge in [0.05, 0.1) is 0 Å². The molecule has 1 unspecified atom stereocenters. The SMILES string of the molecule is O=C(Nc1cccc(F)c1)C1NCCc2ccccc21. The summed E-state index contributed by atoms with van der Waals surface area (Å²) in [5.74, 6) is -0.525. The van der Waals surface area contributed by atoms with Crippen molar-refractivity contribution in [3.8, 4) is 0 Å². The first kappa shape index (κ1) is 12.8. The van der Waals surface area contributed by atoms with Gasteiger partial charge < -0.3 is 10.6 Å². The highest BCUT2D eigenvalue weighted by molar-refractivity contribution is 5.95. The lowest BCUT2D eigenvalue weighted by Gasteiger charge is -2.26. The number of carbonyl (C=O) groups excluding carboxylic acids is 1. The second-order valence-corrected chi connectivity index (χ2v) is 4.84. The van der Waals surface area contributed by atoms with Gasteiger partial charge in [-0.25, -0.2) is 4.39 Å². The highest BCUT2D eigenvalue weighted by Crippen LogP contribution is 2.24. The molecular weight excluding hydrogens is 255 g/mol. The number of benzene rings is 2. The van der Waals surface area contributed by atoms with E-state index in [1.54, 1.807) is 12.1 Å². The quantitative estimate of drug-likeness (QED) is 0.881. The van der Waals surface area contributed by atoms with Crippen LogP contribution >= 0.6 is 0 Å². The van der Waals surface area contributed by atoms with Crippen LogP contribution in [0.5, 0.6) is 0 Å². The number of nitrogens with one attached hydrogen (secondary N) is 2. The van der Waals surface area contributed by atoms with Crippen LogP contribution in [0.3, 0.4) is 0 Å². The second-order valence-electron chi connectivity index (χ2n) is 4.84. The molecule has 0 aromatic heterocycles. The maximum absolute atomic E-state index is 13.1. The van der Waals surface area contributed by atoms with E-state index < -0.39 is 0 Å². The van der Waals surface area contributed by atoms with Crippen LogP contribution in [0.2, 0.25) is 0 Å². The van der Waals surface area contributed by atoms with E-state index in [0.29, 0.717) is 5.69 Å². The van der Waals surface area contributed by atoms with E-state index >= 15 is 0 Å². The molecule has 1 aliphatic rings. The number of hydrogen-bond acceptors (Lipinski definition) is 2. The van der Waals surface area contributed by atoms with Gasteiger partial charge in [0.1, 0.15) is 11.9 Å². The Morgan fingerprint density at radius 2 is 2.05 bits per heavy atom. The van der Waals surface area contributed by atoms with Crippen molar-refractivity contribution in [2.24, 2.45) is 0 Å². The van der Waals surface area contributed by atoms with Gasteiger partial charge in [-0.3, -0.25) is 4.79 Å². The summed E-state index contributed by atoms with van der Waals surface area (Å²) in [6.07, 6.45) is 0.917. The summed E-state index contributed by atoms with van der Waals surface area (Å²) < 4.78 is 13.1. The molecule has 0 saturated heterocycles. The van der Waals surface area contributed by atoms with Crippen LogP contribution in [0.1, 0.15) is 17.2 Å². The molecule has 1 heterocycles. The van der Waals surface area contributed by atoms with E-state index in [0.717, 1.165) is 18.5 Å². The molecule has 0 aliphatic carbocycles. The monoisotopic (exact) mass is 270 g/mol. The number of halogens is 1. The van der Waals surface area contributed by atoms with Gasteiger partial charge in [-0.1, -0.05) is 30.3 Å². The Hall–Kier alpha value is -2.20. The summed E-state index contributed by atoms with van der Waals surface area (Å²) in [6.45, 7) is 0.762. The van der Waals surface area contributed by atoms with Gasteiger partial charge in [0.2, 0.25) is 5.91 Å². The number of carbonyl (C=O) groups is 1. The van der Waals surface area contributed by atoms with E-state index in [9.17, 15) is 9.18 Å². The van der Waals surface area contributed by atoms with Gasteiger partial charge >= 0.3 is 0 Å². The number of anilines is 1. The highest BCUT2D eigenvalue weighted by Gasteiger charge is 2.25. The van der Waals surface area contributed by atoms with Gasteiger partial charge in [-0.15, -0.1) is 0 Å². The van der Waals surface area contributed by atoms with E-state index in [1.165, 1.54) is 17.7 Å². The Kier molecular flexibility index (Phi) is 3.48. The normalized spacial score (nSPS) is 17.4. The lowest BCUT2D eigenvalue weighted by Crippen LogP contribution is -2.38. The minimum Gasteiger partial charge on any atom is -0.324 e. The zero-order valence-electron chi connectivity index (χ0n) is 10.9. The molecule has 1 atom stereocenters. The molecule has 20 heavy (non-hydrogen) atoms. The minimum absolute atomic E-state index is 0.164. The van der Waals surface area contributed by atoms with Gasteiger partial charge in [0.25, 0.3) is 0 Å². The van der Waals surface area contributed by atoms with Crippen LogP contribution in [0.25, 0.3) is 0 Å². The van der Waals surface area contributed by atoms with Crippen LogP contribution < -0.4 is 10.6 Å². The Balaban J connectivity index is 1.82. The van der Waals surface area contributed by atoms with Gasteiger partial charge in [0.15, 0.2) is 0 Å². The lowest BCUT2D eigenvalue weighted by atomic mass is 9.94. The molecule has 1 aliphatic heterocycles. The standard InChI is InChI=1S/C16H15FN2O/c17-12-5-3-6-13(10-12)19-16(20)15-14-7-2-1-4-11(14)8-9-18-15/h1-7,10,15,18H,8-9H2,(H,19,20). The van der Waals surface area contributed by atoms with Crippen LogP contribution in [-0.2, 0) is 11.2 Å². The minimum atomic E-state index is -0.386. The van der Waals surface area contributed by atoms with Gasteiger partial charge in [-0.05, 0) is 35.7 Å². The van der Waals surface area contributed by atoms with Crippen molar-refractivity contribution in [1.29, 1.82) is 0 Å². The van der Waals surface area contributed by atoms with Gasteiger partial charge in [-0.2, -0.15) is 0 Å². The van der Waals surface area contributed by atoms with Crippen molar-refractivity contribution in [3.05, 3.63) is 65.5 Å². The highest BCUT2D eigenvalue weighted by atomic mass is 19.1. The smallest absolute Gasteiger partial charge is 0.246 e. The molecule has 2 aromatic rings. The van der Waals surface area contributed by atoms with Crippen LogP contribution in [-0.4, -0.2) is 12.5 Å². The molecule has 0 bridgehead atoms. The molecule has 0 spiro atoms. The third kappa shape index (κ3) is 2.56. The average Bonchev–Trinajstić information content (AvgIpc) is 2.46. The van der Waals surface area contributed by atoms with Crippen LogP contribution in [0, 0.1) is 5.82 Å². The fraction of sp³-hybridized carbons (Fsp3) is 0.188. The molecule has 2 N–H and O–H groups in total. The number of fused-ring (bicyclic) bond motifs is 1. The van der Waals surface area contributed by atoms with Crippen molar-refractivity contribution in [3.63, 3.8) is 0 Å². The Morgan fingerprint density at radius 1 is 1.20 bits per heavy atom. The number of rotatable bonds is 2. The van der Waals surface area contributed by atoms with Gasteiger partial charge in [0, 0.05) is 12.2 Å². The van der Waals surface area contributed by atoms with Crippen molar-refractivity contribution in [2.45, 2.75) is 12.5 Å². The van der Waals surface area contributed by atoms with E-state index in [4.69, 9.17) is 0 Å². The first-order valence-electron chi connectivity index (χ1n) is 6.61. The lowest BCUT2D eigenvalue weighted by molar-refractivity contribution is -0.118. The molecule has 3 nitrogen and oxygen atoms in total. The summed E-state index contributed by atoms with van der Waals surface area (Å²) in [7, 11) is 0. The van der Waals surface area contributed by atoms with E-state index in [1.807, 2.05) is 24.3 Å². The Bertz CT molecular complexity index is 642. The molecule has 0 fully saturated rings. The van der Waals surface area contributed by atoms with Crippen molar-refractivity contribution in [2.75, 3.05) is 11.9 Å². The molecule has 4 heteroatoms. The van der Waals surface area contributed by atoms with Crippen molar-refractivity contribution >= 4 is 11.6 Å². The third-order valence-electron chi connectivity index (χ3n) is 3.46. The predicted octanol–water partition coefficient (Wildman–Crippen LogP) is 2.65. The zero-order chi connectivity index (χ0) is 13.9. The second kappa shape index (κ2) is 5.43.